The maximum absolute atomic E-state index is 12.3. The normalized spacial score (nSPS) is 19.1. The van der Waals surface area contributed by atoms with Gasteiger partial charge in [0.1, 0.15) is 0 Å². The minimum atomic E-state index is -3.25. The number of rotatable bonds is 5. The Morgan fingerprint density at radius 2 is 2.21 bits per heavy atom. The van der Waals surface area contributed by atoms with Gasteiger partial charge in [0, 0.05) is 39.9 Å². The first kappa shape index (κ1) is 18.6. The van der Waals surface area contributed by atoms with Gasteiger partial charge in [-0.05, 0) is 6.92 Å². The van der Waals surface area contributed by atoms with E-state index in [0.717, 1.165) is 0 Å². The van der Waals surface area contributed by atoms with Crippen LogP contribution >= 0.6 is 0 Å². The van der Waals surface area contributed by atoms with E-state index in [2.05, 4.69) is 15.3 Å². The molecule has 1 amide bonds. The van der Waals surface area contributed by atoms with Gasteiger partial charge in [0.05, 0.1) is 30.2 Å². The summed E-state index contributed by atoms with van der Waals surface area (Å²) in [7, 11) is 0.391. The molecule has 10 heteroatoms. The molecule has 0 aliphatic carbocycles. The van der Waals surface area contributed by atoms with Gasteiger partial charge in [-0.15, -0.1) is 0 Å². The standard InChI is InChI=1S/C14H23N5O4S/c1-10-12(8-16-14(17-10)18(2)3)13(20)15-7-11-9-19(5-6-23-11)24(4,21)22/h8,11H,5-7,9H2,1-4H3,(H,15,20)/t11-/m0/s1. The van der Waals surface area contributed by atoms with Gasteiger partial charge in [-0.25, -0.2) is 18.4 Å². The molecule has 1 N–H and O–H groups in total. The third-order valence-corrected chi connectivity index (χ3v) is 4.94. The maximum atomic E-state index is 12.3. The SMILES string of the molecule is Cc1nc(N(C)C)ncc1C(=O)NC[C@H]1CN(S(C)(=O)=O)CCO1. The summed E-state index contributed by atoms with van der Waals surface area (Å²) in [5.74, 6) is 0.223. The monoisotopic (exact) mass is 357 g/mol. The third kappa shape index (κ3) is 4.62. The van der Waals surface area contributed by atoms with Gasteiger partial charge in [0.2, 0.25) is 16.0 Å². The van der Waals surface area contributed by atoms with E-state index >= 15 is 0 Å². The average Bonchev–Trinajstić information content (AvgIpc) is 2.52. The Kier molecular flexibility index (Phi) is 5.73. The molecule has 0 radical (unpaired) electrons. The molecule has 0 bridgehead atoms. The lowest BCUT2D eigenvalue weighted by Crippen LogP contribution is -2.49. The van der Waals surface area contributed by atoms with Gasteiger partial charge in [-0.3, -0.25) is 4.79 Å². The van der Waals surface area contributed by atoms with Crippen molar-refractivity contribution in [1.82, 2.24) is 19.6 Å². The first-order valence-electron chi connectivity index (χ1n) is 7.54. The molecule has 2 heterocycles. The summed E-state index contributed by atoms with van der Waals surface area (Å²) in [4.78, 5) is 22.4. The van der Waals surface area contributed by atoms with E-state index in [1.807, 2.05) is 14.1 Å². The number of aromatic nitrogens is 2. The second kappa shape index (κ2) is 7.41. The molecule has 1 aromatic heterocycles. The van der Waals surface area contributed by atoms with E-state index < -0.39 is 10.0 Å². The molecule has 1 fully saturated rings. The topological polar surface area (TPSA) is 105 Å². The van der Waals surface area contributed by atoms with Gasteiger partial charge < -0.3 is 15.0 Å². The zero-order valence-electron chi connectivity index (χ0n) is 14.3. The number of carbonyl (C=O) groups excluding carboxylic acids is 1. The molecular formula is C14H23N5O4S. The van der Waals surface area contributed by atoms with Crippen molar-refractivity contribution in [2.75, 3.05) is 51.5 Å². The Labute approximate surface area is 142 Å². The molecule has 0 unspecified atom stereocenters. The number of morpholine rings is 1. The first-order valence-corrected chi connectivity index (χ1v) is 9.39. The summed E-state index contributed by atoms with van der Waals surface area (Å²) < 4.78 is 30.0. The number of hydrogen-bond acceptors (Lipinski definition) is 7. The number of anilines is 1. The van der Waals surface area contributed by atoms with Crippen LogP contribution in [0.15, 0.2) is 6.20 Å². The van der Waals surface area contributed by atoms with Crippen LogP contribution in [0.1, 0.15) is 16.1 Å². The Bertz CT molecular complexity index is 707. The first-order chi connectivity index (χ1) is 11.2. The maximum Gasteiger partial charge on any atom is 0.254 e. The second-order valence-corrected chi connectivity index (χ2v) is 7.87. The largest absolute Gasteiger partial charge is 0.374 e. The van der Waals surface area contributed by atoms with Crippen LogP contribution in [0.5, 0.6) is 0 Å². The molecule has 0 saturated carbocycles. The fraction of sp³-hybridized carbons (Fsp3) is 0.643. The van der Waals surface area contributed by atoms with Crippen LogP contribution in [-0.2, 0) is 14.8 Å². The van der Waals surface area contributed by atoms with Crippen molar-refractivity contribution < 1.29 is 17.9 Å². The van der Waals surface area contributed by atoms with Gasteiger partial charge in [0.15, 0.2) is 0 Å². The van der Waals surface area contributed by atoms with E-state index in [9.17, 15) is 13.2 Å². The second-order valence-electron chi connectivity index (χ2n) is 5.89. The fourth-order valence-electron chi connectivity index (χ4n) is 2.31. The van der Waals surface area contributed by atoms with Crippen LogP contribution < -0.4 is 10.2 Å². The van der Waals surface area contributed by atoms with E-state index in [1.165, 1.54) is 16.8 Å². The van der Waals surface area contributed by atoms with Crippen LogP contribution in [0.2, 0.25) is 0 Å². The van der Waals surface area contributed by atoms with Crippen molar-refractivity contribution in [3.63, 3.8) is 0 Å². The van der Waals surface area contributed by atoms with Gasteiger partial charge in [0.25, 0.3) is 5.91 Å². The van der Waals surface area contributed by atoms with Crippen molar-refractivity contribution in [3.05, 3.63) is 17.5 Å². The third-order valence-electron chi connectivity index (χ3n) is 3.67. The average molecular weight is 357 g/mol. The Hall–Kier alpha value is -1.78. The smallest absolute Gasteiger partial charge is 0.254 e. The molecular weight excluding hydrogens is 334 g/mol. The number of hydrogen-bond donors (Lipinski definition) is 1. The van der Waals surface area contributed by atoms with E-state index in [0.29, 0.717) is 30.4 Å². The molecule has 1 aliphatic heterocycles. The summed E-state index contributed by atoms with van der Waals surface area (Å²) in [5.41, 5.74) is 0.963. The zero-order chi connectivity index (χ0) is 17.9. The van der Waals surface area contributed by atoms with Gasteiger partial charge in [-0.2, -0.15) is 4.31 Å². The number of ether oxygens (including phenoxy) is 1. The van der Waals surface area contributed by atoms with Crippen LogP contribution in [0.3, 0.4) is 0 Å². The van der Waals surface area contributed by atoms with Crippen LogP contribution in [-0.4, -0.2) is 81.3 Å². The van der Waals surface area contributed by atoms with Gasteiger partial charge >= 0.3 is 0 Å². The van der Waals surface area contributed by atoms with E-state index in [1.54, 1.807) is 11.8 Å². The van der Waals surface area contributed by atoms with Crippen molar-refractivity contribution in [2.45, 2.75) is 13.0 Å². The summed E-state index contributed by atoms with van der Waals surface area (Å²) in [6, 6.07) is 0. The molecule has 2 rings (SSSR count). The van der Waals surface area contributed by atoms with Crippen molar-refractivity contribution in [3.8, 4) is 0 Å². The summed E-state index contributed by atoms with van der Waals surface area (Å²) >= 11 is 0. The van der Waals surface area contributed by atoms with E-state index in [4.69, 9.17) is 4.74 Å². The predicted molar refractivity (Wildman–Crippen MR) is 89.6 cm³/mol. The molecule has 1 atom stereocenters. The molecule has 0 aromatic carbocycles. The van der Waals surface area contributed by atoms with Crippen LogP contribution in [0.4, 0.5) is 5.95 Å². The lowest BCUT2D eigenvalue weighted by molar-refractivity contribution is 0.000430. The fourth-order valence-corrected chi connectivity index (χ4v) is 3.16. The Morgan fingerprint density at radius 1 is 1.50 bits per heavy atom. The molecule has 1 aliphatic rings. The minimum Gasteiger partial charge on any atom is -0.374 e. The molecule has 24 heavy (non-hydrogen) atoms. The molecule has 134 valence electrons. The van der Waals surface area contributed by atoms with Crippen molar-refractivity contribution in [1.29, 1.82) is 0 Å². The zero-order valence-corrected chi connectivity index (χ0v) is 15.1. The number of carbonyl (C=O) groups is 1. The lowest BCUT2D eigenvalue weighted by atomic mass is 10.2. The molecule has 1 saturated heterocycles. The Balaban J connectivity index is 1.96. The number of aryl methyl sites for hydroxylation is 1. The summed E-state index contributed by atoms with van der Waals surface area (Å²) in [5, 5.41) is 2.75. The highest BCUT2D eigenvalue weighted by Gasteiger charge is 2.27. The summed E-state index contributed by atoms with van der Waals surface area (Å²) in [6.45, 7) is 2.84. The van der Waals surface area contributed by atoms with Crippen molar-refractivity contribution >= 4 is 21.9 Å². The highest BCUT2D eigenvalue weighted by molar-refractivity contribution is 7.88. The molecule has 0 spiro atoms. The number of nitrogens with zero attached hydrogens (tertiary/aromatic N) is 4. The van der Waals surface area contributed by atoms with Crippen LogP contribution in [0.25, 0.3) is 0 Å². The molecule has 9 nitrogen and oxygen atoms in total. The lowest BCUT2D eigenvalue weighted by Gasteiger charge is -2.31. The van der Waals surface area contributed by atoms with E-state index in [-0.39, 0.29) is 25.1 Å². The Morgan fingerprint density at radius 3 is 2.79 bits per heavy atom. The van der Waals surface area contributed by atoms with Crippen molar-refractivity contribution in [2.24, 2.45) is 0 Å². The number of amides is 1. The minimum absolute atomic E-state index is 0.222. The quantitative estimate of drug-likeness (QED) is 0.738. The highest BCUT2D eigenvalue weighted by atomic mass is 32.2. The summed E-state index contributed by atoms with van der Waals surface area (Å²) in [6.07, 6.45) is 2.28. The number of nitrogens with one attached hydrogen (secondary N) is 1. The molecule has 1 aromatic rings. The van der Waals surface area contributed by atoms with Crippen LogP contribution in [0, 0.1) is 6.92 Å². The highest BCUT2D eigenvalue weighted by Crippen LogP contribution is 2.11. The van der Waals surface area contributed by atoms with Gasteiger partial charge in [-0.1, -0.05) is 0 Å². The predicted octanol–water partition coefficient (Wildman–Crippen LogP) is -0.759. The number of sulfonamides is 1.